The van der Waals surface area contributed by atoms with Crippen molar-refractivity contribution in [2.45, 2.75) is 32.7 Å². The molecule has 1 aliphatic heterocycles. The molecule has 1 atom stereocenters. The second kappa shape index (κ2) is 8.57. The first kappa shape index (κ1) is 19.9. The summed E-state index contributed by atoms with van der Waals surface area (Å²) in [5, 5.41) is 10.9. The first-order valence-electron chi connectivity index (χ1n) is 10.2. The van der Waals surface area contributed by atoms with Crippen molar-refractivity contribution in [1.29, 1.82) is 0 Å². The molecule has 1 amide bonds. The lowest BCUT2D eigenvalue weighted by Gasteiger charge is -2.24. The number of ether oxygens (including phenoxy) is 2. The topological polar surface area (TPSA) is 93.3 Å². The molecule has 1 aromatic heterocycles. The Morgan fingerprint density at radius 1 is 1.10 bits per heavy atom. The molecule has 0 saturated carbocycles. The maximum Gasteiger partial charge on any atom is 0.272 e. The van der Waals surface area contributed by atoms with Crippen LogP contribution in [0.15, 0.2) is 47.3 Å². The molecule has 156 valence electrons. The Kier molecular flexibility index (Phi) is 5.70. The third-order valence-corrected chi connectivity index (χ3v) is 5.22. The highest BCUT2D eigenvalue weighted by Crippen LogP contribution is 2.34. The van der Waals surface area contributed by atoms with Crippen LogP contribution < -0.4 is 20.3 Å². The molecule has 0 radical (unpaired) electrons. The van der Waals surface area contributed by atoms with Crippen LogP contribution in [0.4, 0.5) is 0 Å². The summed E-state index contributed by atoms with van der Waals surface area (Å²) in [5.74, 6) is 1.44. The van der Waals surface area contributed by atoms with Crippen LogP contribution in [0.5, 0.6) is 11.5 Å². The summed E-state index contributed by atoms with van der Waals surface area (Å²) in [6.45, 7) is 5.36. The van der Waals surface area contributed by atoms with E-state index in [9.17, 15) is 9.59 Å². The molecule has 0 fully saturated rings. The van der Waals surface area contributed by atoms with Gasteiger partial charge < -0.3 is 14.8 Å². The average molecular weight is 407 g/mol. The number of H-pyrrole nitrogens is 1. The Bertz CT molecular complexity index is 1120. The van der Waals surface area contributed by atoms with Crippen LogP contribution in [0.2, 0.25) is 0 Å². The van der Waals surface area contributed by atoms with Crippen LogP contribution in [0.3, 0.4) is 0 Å². The zero-order chi connectivity index (χ0) is 21.1. The number of aromatic amines is 1. The lowest BCUT2D eigenvalue weighted by Crippen LogP contribution is -2.33. The number of carbonyl (C=O) groups is 1. The van der Waals surface area contributed by atoms with E-state index < -0.39 is 0 Å². The molecule has 0 bridgehead atoms. The lowest BCUT2D eigenvalue weighted by molar-refractivity contribution is -0.121. The van der Waals surface area contributed by atoms with Gasteiger partial charge in [-0.15, -0.1) is 0 Å². The van der Waals surface area contributed by atoms with Gasteiger partial charge in [-0.05, 0) is 29.7 Å². The number of hydrogen-bond acceptors (Lipinski definition) is 5. The second-order valence-electron chi connectivity index (χ2n) is 7.77. The van der Waals surface area contributed by atoms with Gasteiger partial charge in [0.05, 0.1) is 36.8 Å². The fourth-order valence-corrected chi connectivity index (χ4v) is 3.69. The molecular weight excluding hydrogens is 382 g/mol. The van der Waals surface area contributed by atoms with E-state index in [0.29, 0.717) is 35.4 Å². The number of nitrogens with one attached hydrogen (secondary N) is 2. The number of aromatic nitrogens is 2. The maximum atomic E-state index is 12.9. The number of hydrogen-bond donors (Lipinski definition) is 2. The predicted octanol–water partition coefficient (Wildman–Crippen LogP) is 3.14. The Morgan fingerprint density at radius 3 is 2.60 bits per heavy atom. The number of benzene rings is 2. The fraction of sp³-hybridized carbons (Fsp3) is 0.348. The summed E-state index contributed by atoms with van der Waals surface area (Å²) in [5.41, 5.74) is 1.24. The SMILES string of the molecule is CC(C)[C@@H](NC(=O)Cc1n[nH]c(=O)c2ccccc12)c1ccc2c(c1)OCCCO2. The van der Waals surface area contributed by atoms with Crippen LogP contribution in [0.1, 0.15) is 37.6 Å². The van der Waals surface area contributed by atoms with E-state index in [2.05, 4.69) is 29.4 Å². The van der Waals surface area contributed by atoms with Crippen molar-refractivity contribution in [1.82, 2.24) is 15.5 Å². The number of nitrogens with zero attached hydrogens (tertiary/aromatic N) is 1. The minimum Gasteiger partial charge on any atom is -0.490 e. The Hall–Kier alpha value is -3.35. The third kappa shape index (κ3) is 4.15. The number of fused-ring (bicyclic) bond motifs is 2. The highest BCUT2D eigenvalue weighted by Gasteiger charge is 2.22. The van der Waals surface area contributed by atoms with E-state index in [1.807, 2.05) is 30.3 Å². The minimum atomic E-state index is -0.262. The molecule has 2 aromatic carbocycles. The lowest BCUT2D eigenvalue weighted by atomic mass is 9.95. The third-order valence-electron chi connectivity index (χ3n) is 5.22. The van der Waals surface area contributed by atoms with Gasteiger partial charge in [0.1, 0.15) is 0 Å². The van der Waals surface area contributed by atoms with Gasteiger partial charge in [0.25, 0.3) is 5.56 Å². The van der Waals surface area contributed by atoms with Crippen molar-refractivity contribution in [2.75, 3.05) is 13.2 Å². The average Bonchev–Trinajstić information content (AvgIpc) is 2.99. The smallest absolute Gasteiger partial charge is 0.272 e. The van der Waals surface area contributed by atoms with Gasteiger partial charge in [0, 0.05) is 11.8 Å². The molecule has 0 saturated heterocycles. The van der Waals surface area contributed by atoms with Crippen LogP contribution in [-0.4, -0.2) is 29.3 Å². The first-order chi connectivity index (χ1) is 14.5. The van der Waals surface area contributed by atoms with E-state index in [-0.39, 0.29) is 29.8 Å². The van der Waals surface area contributed by atoms with Crippen molar-refractivity contribution in [2.24, 2.45) is 5.92 Å². The van der Waals surface area contributed by atoms with Crippen molar-refractivity contribution in [3.8, 4) is 11.5 Å². The fourth-order valence-electron chi connectivity index (χ4n) is 3.69. The number of amides is 1. The molecule has 30 heavy (non-hydrogen) atoms. The van der Waals surface area contributed by atoms with Crippen molar-refractivity contribution >= 4 is 16.7 Å². The molecule has 0 unspecified atom stereocenters. The highest BCUT2D eigenvalue weighted by atomic mass is 16.5. The van der Waals surface area contributed by atoms with Gasteiger partial charge in [0.15, 0.2) is 11.5 Å². The second-order valence-corrected chi connectivity index (χ2v) is 7.77. The van der Waals surface area contributed by atoms with E-state index in [4.69, 9.17) is 9.47 Å². The normalized spacial score (nSPS) is 14.4. The van der Waals surface area contributed by atoms with Crippen molar-refractivity contribution in [3.05, 3.63) is 64.1 Å². The minimum absolute atomic E-state index is 0.0745. The van der Waals surface area contributed by atoms with Gasteiger partial charge in [-0.25, -0.2) is 5.10 Å². The summed E-state index contributed by atoms with van der Waals surface area (Å²) in [6.07, 6.45) is 0.916. The Morgan fingerprint density at radius 2 is 1.83 bits per heavy atom. The Balaban J connectivity index is 1.56. The summed E-state index contributed by atoms with van der Waals surface area (Å²) in [4.78, 5) is 24.8. The monoisotopic (exact) mass is 407 g/mol. The van der Waals surface area contributed by atoms with Crippen molar-refractivity contribution in [3.63, 3.8) is 0 Å². The molecule has 7 nitrogen and oxygen atoms in total. The van der Waals surface area contributed by atoms with Gasteiger partial charge in [-0.2, -0.15) is 5.10 Å². The summed E-state index contributed by atoms with van der Waals surface area (Å²) < 4.78 is 11.5. The van der Waals surface area contributed by atoms with Gasteiger partial charge in [0.2, 0.25) is 5.91 Å². The van der Waals surface area contributed by atoms with Crippen LogP contribution in [0.25, 0.3) is 10.8 Å². The maximum absolute atomic E-state index is 12.9. The summed E-state index contributed by atoms with van der Waals surface area (Å²) in [6, 6.07) is 12.8. The highest BCUT2D eigenvalue weighted by molar-refractivity contribution is 5.88. The van der Waals surface area contributed by atoms with Gasteiger partial charge >= 0.3 is 0 Å². The zero-order valence-corrected chi connectivity index (χ0v) is 17.1. The largest absolute Gasteiger partial charge is 0.490 e. The molecule has 7 heteroatoms. The predicted molar refractivity (Wildman–Crippen MR) is 114 cm³/mol. The van der Waals surface area contributed by atoms with Crippen LogP contribution >= 0.6 is 0 Å². The van der Waals surface area contributed by atoms with E-state index in [1.54, 1.807) is 12.1 Å². The number of rotatable bonds is 5. The molecule has 1 aliphatic rings. The van der Waals surface area contributed by atoms with Crippen LogP contribution in [-0.2, 0) is 11.2 Å². The zero-order valence-electron chi connectivity index (χ0n) is 17.1. The quantitative estimate of drug-likeness (QED) is 0.678. The van der Waals surface area contributed by atoms with Gasteiger partial charge in [-0.3, -0.25) is 9.59 Å². The number of carbonyl (C=O) groups excluding carboxylic acids is 1. The molecule has 0 aliphatic carbocycles. The van der Waals surface area contributed by atoms with E-state index in [1.165, 1.54) is 0 Å². The first-order valence-corrected chi connectivity index (χ1v) is 10.2. The summed E-state index contributed by atoms with van der Waals surface area (Å²) >= 11 is 0. The standard InChI is InChI=1S/C23H25N3O4/c1-14(2)22(15-8-9-19-20(12-15)30-11-5-10-29-19)24-21(27)13-18-16-6-3-4-7-17(16)23(28)26-25-18/h3-4,6-9,12,14,22H,5,10-11,13H2,1-2H3,(H,24,27)(H,26,28)/t22-/m1/s1. The Labute approximate surface area is 174 Å². The van der Waals surface area contributed by atoms with E-state index >= 15 is 0 Å². The van der Waals surface area contributed by atoms with Gasteiger partial charge in [-0.1, -0.05) is 38.1 Å². The molecule has 0 spiro atoms. The molecule has 4 rings (SSSR count). The molecule has 2 N–H and O–H groups in total. The molecular formula is C23H25N3O4. The van der Waals surface area contributed by atoms with Crippen molar-refractivity contribution < 1.29 is 14.3 Å². The summed E-state index contributed by atoms with van der Waals surface area (Å²) in [7, 11) is 0. The molecule has 3 aromatic rings. The van der Waals surface area contributed by atoms with E-state index in [0.717, 1.165) is 17.7 Å². The van der Waals surface area contributed by atoms with Crippen LogP contribution in [0, 0.1) is 5.92 Å². The molecule has 2 heterocycles.